The maximum atomic E-state index is 12.6. The molecule has 3 nitrogen and oxygen atoms in total. The van der Waals surface area contributed by atoms with E-state index < -0.39 is 29.0 Å². The molecule has 1 aromatic rings. The first-order chi connectivity index (χ1) is 6.68. The van der Waals surface area contributed by atoms with Crippen molar-refractivity contribution in [3.63, 3.8) is 0 Å². The molecular formula is C7H3F5O3. The molecule has 0 saturated carbocycles. The Hall–Kier alpha value is -1.60. The molecule has 0 atom stereocenters. The van der Waals surface area contributed by atoms with Crippen molar-refractivity contribution >= 4 is 0 Å². The molecule has 0 unspecified atom stereocenters. The van der Waals surface area contributed by atoms with Gasteiger partial charge in [-0.1, -0.05) is 0 Å². The average Bonchev–Trinajstić information content (AvgIpc) is 2.07. The van der Waals surface area contributed by atoms with Gasteiger partial charge in [0, 0.05) is 6.07 Å². The van der Waals surface area contributed by atoms with Crippen LogP contribution in [0.4, 0.5) is 22.0 Å². The summed E-state index contributed by atoms with van der Waals surface area (Å²) in [4.78, 5) is 10.6. The fourth-order valence-corrected chi connectivity index (χ4v) is 0.762. The highest BCUT2D eigenvalue weighted by atomic mass is 19.4. The molecule has 1 N–H and O–H groups in total. The Morgan fingerprint density at radius 3 is 2.20 bits per heavy atom. The predicted octanol–water partition coefficient (Wildman–Crippen LogP) is 2.00. The van der Waals surface area contributed by atoms with E-state index in [0.29, 0.717) is 12.3 Å². The zero-order valence-electron chi connectivity index (χ0n) is 6.81. The molecule has 84 valence electrons. The first kappa shape index (κ1) is 11.5. The summed E-state index contributed by atoms with van der Waals surface area (Å²) < 4.78 is 64.4. The van der Waals surface area contributed by atoms with Gasteiger partial charge in [-0.2, -0.15) is 22.0 Å². The van der Waals surface area contributed by atoms with Gasteiger partial charge in [0.1, 0.15) is 0 Å². The van der Waals surface area contributed by atoms with Crippen molar-refractivity contribution in [2.24, 2.45) is 0 Å². The first-order valence-corrected chi connectivity index (χ1v) is 3.43. The minimum atomic E-state index is -5.94. The lowest BCUT2D eigenvalue weighted by molar-refractivity contribution is -0.296. The van der Waals surface area contributed by atoms with Gasteiger partial charge in [0.2, 0.25) is 16.9 Å². The summed E-state index contributed by atoms with van der Waals surface area (Å²) >= 11 is 0. The van der Waals surface area contributed by atoms with Crippen molar-refractivity contribution in [1.82, 2.24) is 0 Å². The lowest BCUT2D eigenvalue weighted by Crippen LogP contribution is -2.34. The standard InChI is InChI=1S/C7H3F5O3/c8-6(9,7(10,11)12)5-4(14)3(13)1-2-15-5/h1-2,14H. The highest BCUT2D eigenvalue weighted by molar-refractivity contribution is 5.27. The van der Waals surface area contributed by atoms with E-state index in [2.05, 4.69) is 4.42 Å². The summed E-state index contributed by atoms with van der Waals surface area (Å²) in [6, 6.07) is 0.519. The largest absolute Gasteiger partial charge is 0.502 e. The summed E-state index contributed by atoms with van der Waals surface area (Å²) in [6.45, 7) is 0. The van der Waals surface area contributed by atoms with Gasteiger partial charge in [-0.25, -0.2) is 0 Å². The van der Waals surface area contributed by atoms with Crippen molar-refractivity contribution in [2.45, 2.75) is 12.1 Å². The van der Waals surface area contributed by atoms with E-state index >= 15 is 0 Å². The topological polar surface area (TPSA) is 50.4 Å². The second-order valence-electron chi connectivity index (χ2n) is 2.53. The van der Waals surface area contributed by atoms with Crippen molar-refractivity contribution in [3.8, 4) is 5.75 Å². The fraction of sp³-hybridized carbons (Fsp3) is 0.286. The number of aromatic hydroxyl groups is 1. The van der Waals surface area contributed by atoms with Crippen LogP contribution in [0.2, 0.25) is 0 Å². The molecule has 0 aromatic carbocycles. The molecule has 0 bridgehead atoms. The summed E-state index contributed by atoms with van der Waals surface area (Å²) in [5.41, 5.74) is -1.37. The van der Waals surface area contributed by atoms with Gasteiger partial charge in [-0.3, -0.25) is 4.79 Å². The molecule has 8 heteroatoms. The van der Waals surface area contributed by atoms with Crippen LogP contribution in [0.3, 0.4) is 0 Å². The SMILES string of the molecule is O=c1ccoc(C(F)(F)C(F)(F)F)c1O. The van der Waals surface area contributed by atoms with Crippen LogP contribution in [0.15, 0.2) is 21.5 Å². The lowest BCUT2D eigenvalue weighted by Gasteiger charge is -2.18. The van der Waals surface area contributed by atoms with Gasteiger partial charge in [0.25, 0.3) is 0 Å². The van der Waals surface area contributed by atoms with Crippen molar-refractivity contribution in [2.75, 3.05) is 0 Å². The summed E-state index contributed by atoms with van der Waals surface area (Å²) in [6.07, 6.45) is -5.60. The molecule has 15 heavy (non-hydrogen) atoms. The number of halogens is 5. The second-order valence-corrected chi connectivity index (χ2v) is 2.53. The lowest BCUT2D eigenvalue weighted by atomic mass is 10.2. The van der Waals surface area contributed by atoms with E-state index in [1.54, 1.807) is 0 Å². The van der Waals surface area contributed by atoms with Crippen LogP contribution in [0.1, 0.15) is 5.76 Å². The van der Waals surface area contributed by atoms with Gasteiger partial charge in [0.05, 0.1) is 6.26 Å². The fourth-order valence-electron chi connectivity index (χ4n) is 0.762. The number of rotatable bonds is 1. The van der Waals surface area contributed by atoms with E-state index in [0.717, 1.165) is 0 Å². The highest BCUT2D eigenvalue weighted by Crippen LogP contribution is 2.45. The molecule has 0 aliphatic carbocycles. The van der Waals surface area contributed by atoms with Crippen LogP contribution in [0.25, 0.3) is 0 Å². The van der Waals surface area contributed by atoms with Crippen LogP contribution in [0.5, 0.6) is 5.75 Å². The summed E-state index contributed by atoms with van der Waals surface area (Å²) in [7, 11) is 0. The van der Waals surface area contributed by atoms with Gasteiger partial charge in [0.15, 0.2) is 0 Å². The van der Waals surface area contributed by atoms with Crippen LogP contribution >= 0.6 is 0 Å². The third-order valence-corrected chi connectivity index (χ3v) is 1.49. The molecular weight excluding hydrogens is 227 g/mol. The maximum absolute atomic E-state index is 12.6. The molecule has 0 aliphatic rings. The molecule has 0 spiro atoms. The Bertz CT molecular complexity index is 419. The molecule has 0 fully saturated rings. The van der Waals surface area contributed by atoms with Gasteiger partial charge in [-0.05, 0) is 0 Å². The molecule has 1 rings (SSSR count). The number of hydrogen-bond acceptors (Lipinski definition) is 3. The molecule has 0 saturated heterocycles. The number of alkyl halides is 5. The smallest absolute Gasteiger partial charge is 0.461 e. The molecule has 0 aliphatic heterocycles. The van der Waals surface area contributed by atoms with Crippen molar-refractivity contribution in [1.29, 1.82) is 0 Å². The third kappa shape index (κ3) is 1.79. The minimum Gasteiger partial charge on any atom is -0.502 e. The van der Waals surface area contributed by atoms with Crippen LogP contribution in [0, 0.1) is 0 Å². The zero-order chi connectivity index (χ0) is 11.9. The van der Waals surface area contributed by atoms with E-state index in [1.807, 2.05) is 0 Å². The van der Waals surface area contributed by atoms with Crippen LogP contribution in [-0.4, -0.2) is 11.3 Å². The predicted molar refractivity (Wildman–Crippen MR) is 36.6 cm³/mol. The van der Waals surface area contributed by atoms with E-state index in [1.165, 1.54) is 0 Å². The van der Waals surface area contributed by atoms with Gasteiger partial charge >= 0.3 is 12.1 Å². The molecule has 0 radical (unpaired) electrons. The maximum Gasteiger partial charge on any atom is 0.461 e. The molecule has 0 amide bonds. The second kappa shape index (κ2) is 3.21. The van der Waals surface area contributed by atoms with Crippen LogP contribution in [-0.2, 0) is 5.92 Å². The minimum absolute atomic E-state index is 0.344. The number of hydrogen-bond donors (Lipinski definition) is 1. The monoisotopic (exact) mass is 230 g/mol. The third-order valence-electron chi connectivity index (χ3n) is 1.49. The van der Waals surface area contributed by atoms with Crippen molar-refractivity contribution in [3.05, 3.63) is 28.3 Å². The normalized spacial score (nSPS) is 12.9. The van der Waals surface area contributed by atoms with Crippen molar-refractivity contribution < 1.29 is 31.5 Å². The van der Waals surface area contributed by atoms with E-state index in [-0.39, 0.29) is 0 Å². The Morgan fingerprint density at radius 1 is 1.20 bits per heavy atom. The molecule has 1 aromatic heterocycles. The zero-order valence-corrected chi connectivity index (χ0v) is 6.81. The Labute approximate surface area is 78.7 Å². The first-order valence-electron chi connectivity index (χ1n) is 3.43. The molecule has 1 heterocycles. The van der Waals surface area contributed by atoms with Gasteiger partial charge in [-0.15, -0.1) is 0 Å². The quantitative estimate of drug-likeness (QED) is 0.750. The Kier molecular flexibility index (Phi) is 2.46. The highest BCUT2D eigenvalue weighted by Gasteiger charge is 2.62. The van der Waals surface area contributed by atoms with Gasteiger partial charge < -0.3 is 9.52 Å². The Morgan fingerprint density at radius 2 is 1.73 bits per heavy atom. The van der Waals surface area contributed by atoms with Crippen LogP contribution < -0.4 is 5.43 Å². The summed E-state index contributed by atoms with van der Waals surface area (Å²) in [5.74, 6) is -9.26. The van der Waals surface area contributed by atoms with E-state index in [4.69, 9.17) is 5.11 Å². The van der Waals surface area contributed by atoms with E-state index in [9.17, 15) is 26.7 Å². The average molecular weight is 230 g/mol. The Balaban J connectivity index is 3.40. The summed E-state index contributed by atoms with van der Waals surface area (Å²) in [5, 5.41) is 8.71.